The van der Waals surface area contributed by atoms with Crippen LogP contribution in [-0.2, 0) is 6.42 Å². The minimum atomic E-state index is 0.757. The van der Waals surface area contributed by atoms with Crippen LogP contribution in [0.15, 0.2) is 30.3 Å². The normalized spacial score (nSPS) is 21.5. The van der Waals surface area contributed by atoms with Crippen LogP contribution >= 0.6 is 11.8 Å². The van der Waals surface area contributed by atoms with E-state index < -0.39 is 0 Å². The molecule has 0 aliphatic carbocycles. The van der Waals surface area contributed by atoms with Gasteiger partial charge in [0.2, 0.25) is 0 Å². The van der Waals surface area contributed by atoms with Crippen molar-refractivity contribution < 1.29 is 0 Å². The van der Waals surface area contributed by atoms with Crippen molar-refractivity contribution in [3.05, 3.63) is 35.9 Å². The zero-order valence-corrected chi connectivity index (χ0v) is 9.93. The minimum absolute atomic E-state index is 0.757. The second-order valence-corrected chi connectivity index (χ2v) is 5.25. The maximum Gasteiger partial charge on any atom is 0.0158 e. The zero-order valence-electron chi connectivity index (χ0n) is 9.11. The lowest BCUT2D eigenvalue weighted by Crippen LogP contribution is -2.35. The monoisotopic (exact) mass is 221 g/mol. The Morgan fingerprint density at radius 2 is 2.13 bits per heavy atom. The summed E-state index contributed by atoms with van der Waals surface area (Å²) in [4.78, 5) is 0. The average Bonchev–Trinajstić information content (AvgIpc) is 2.32. The van der Waals surface area contributed by atoms with Gasteiger partial charge < -0.3 is 5.32 Å². The topological polar surface area (TPSA) is 12.0 Å². The van der Waals surface area contributed by atoms with E-state index in [1.54, 1.807) is 0 Å². The summed E-state index contributed by atoms with van der Waals surface area (Å²) in [6, 6.07) is 11.5. The first-order valence-electron chi connectivity index (χ1n) is 5.80. The molecule has 1 aromatic rings. The third kappa shape index (κ3) is 3.88. The van der Waals surface area contributed by atoms with Crippen LogP contribution < -0.4 is 5.32 Å². The number of rotatable bonds is 4. The molecule has 0 bridgehead atoms. The molecule has 1 aliphatic rings. The molecule has 1 fully saturated rings. The molecule has 1 nitrogen and oxygen atoms in total. The summed E-state index contributed by atoms with van der Waals surface area (Å²) in [5, 5.41) is 3.65. The smallest absolute Gasteiger partial charge is 0.0158 e. The van der Waals surface area contributed by atoms with Crippen LogP contribution in [0.5, 0.6) is 0 Å². The van der Waals surface area contributed by atoms with E-state index in [0.29, 0.717) is 0 Å². The van der Waals surface area contributed by atoms with Crippen molar-refractivity contribution in [1.82, 2.24) is 5.32 Å². The van der Waals surface area contributed by atoms with Crippen LogP contribution in [0.1, 0.15) is 18.4 Å². The van der Waals surface area contributed by atoms with Gasteiger partial charge in [-0.05, 0) is 37.1 Å². The van der Waals surface area contributed by atoms with Gasteiger partial charge in [0, 0.05) is 11.8 Å². The van der Waals surface area contributed by atoms with E-state index in [-0.39, 0.29) is 0 Å². The maximum atomic E-state index is 3.65. The summed E-state index contributed by atoms with van der Waals surface area (Å²) in [5.41, 5.74) is 1.44. The van der Waals surface area contributed by atoms with Crippen molar-refractivity contribution >= 4 is 11.8 Å². The zero-order chi connectivity index (χ0) is 10.3. The Labute approximate surface area is 96.7 Å². The Kier molecular flexibility index (Phi) is 4.55. The van der Waals surface area contributed by atoms with Gasteiger partial charge in [0.1, 0.15) is 0 Å². The quantitative estimate of drug-likeness (QED) is 0.839. The number of nitrogens with one attached hydrogen (secondary N) is 1. The van der Waals surface area contributed by atoms with Gasteiger partial charge in [-0.15, -0.1) is 0 Å². The molecule has 82 valence electrons. The van der Waals surface area contributed by atoms with Gasteiger partial charge in [0.05, 0.1) is 0 Å². The van der Waals surface area contributed by atoms with Crippen molar-refractivity contribution in [3.63, 3.8) is 0 Å². The van der Waals surface area contributed by atoms with Gasteiger partial charge in [0.25, 0.3) is 0 Å². The van der Waals surface area contributed by atoms with E-state index >= 15 is 0 Å². The van der Waals surface area contributed by atoms with Gasteiger partial charge in [-0.25, -0.2) is 0 Å². The highest BCUT2D eigenvalue weighted by Gasteiger charge is 2.11. The van der Waals surface area contributed by atoms with Crippen LogP contribution in [0.25, 0.3) is 0 Å². The van der Waals surface area contributed by atoms with Crippen molar-refractivity contribution in [2.24, 2.45) is 0 Å². The highest BCUT2D eigenvalue weighted by atomic mass is 32.2. The van der Waals surface area contributed by atoms with Crippen molar-refractivity contribution in [2.45, 2.75) is 25.3 Å². The number of hydrogen-bond donors (Lipinski definition) is 1. The highest BCUT2D eigenvalue weighted by molar-refractivity contribution is 7.99. The van der Waals surface area contributed by atoms with Crippen molar-refractivity contribution in [2.75, 3.05) is 18.1 Å². The third-order valence-corrected chi connectivity index (χ3v) is 4.07. The van der Waals surface area contributed by atoms with E-state index in [4.69, 9.17) is 0 Å². The summed E-state index contributed by atoms with van der Waals surface area (Å²) >= 11 is 2.09. The number of hydrogen-bond acceptors (Lipinski definition) is 2. The van der Waals surface area contributed by atoms with Gasteiger partial charge in [-0.1, -0.05) is 30.3 Å². The number of thioether (sulfide) groups is 1. The third-order valence-electron chi connectivity index (χ3n) is 2.85. The molecule has 2 heteroatoms. The molecule has 1 N–H and O–H groups in total. The van der Waals surface area contributed by atoms with Crippen LogP contribution in [0, 0.1) is 0 Å². The summed E-state index contributed by atoms with van der Waals surface area (Å²) in [6.07, 6.45) is 3.90. The molecular weight excluding hydrogens is 202 g/mol. The molecule has 15 heavy (non-hydrogen) atoms. The van der Waals surface area contributed by atoms with Gasteiger partial charge in [-0.3, -0.25) is 0 Å². The van der Waals surface area contributed by atoms with E-state index in [0.717, 1.165) is 19.0 Å². The van der Waals surface area contributed by atoms with Gasteiger partial charge in [0.15, 0.2) is 0 Å². The second-order valence-electron chi connectivity index (χ2n) is 4.10. The molecule has 1 atom stereocenters. The van der Waals surface area contributed by atoms with Crippen LogP contribution in [0.4, 0.5) is 0 Å². The molecule has 1 saturated heterocycles. The molecule has 1 aromatic carbocycles. The number of benzene rings is 1. The predicted octanol–water partition coefficient (Wildman–Crippen LogP) is 2.71. The fourth-order valence-corrected chi connectivity index (χ4v) is 3.07. The lowest BCUT2D eigenvalue weighted by molar-refractivity contribution is 0.511. The molecule has 2 rings (SSSR count). The van der Waals surface area contributed by atoms with Crippen LogP contribution in [-0.4, -0.2) is 24.1 Å². The first kappa shape index (κ1) is 11.0. The molecule has 1 aliphatic heterocycles. The van der Waals surface area contributed by atoms with Crippen molar-refractivity contribution in [3.8, 4) is 0 Å². The summed E-state index contributed by atoms with van der Waals surface area (Å²) in [6.45, 7) is 1.12. The summed E-state index contributed by atoms with van der Waals surface area (Å²) in [5.74, 6) is 2.66. The minimum Gasteiger partial charge on any atom is -0.313 e. The first-order chi connectivity index (χ1) is 7.45. The molecule has 0 aromatic heterocycles. The predicted molar refractivity (Wildman–Crippen MR) is 68.5 cm³/mol. The van der Waals surface area contributed by atoms with Gasteiger partial charge in [-0.2, -0.15) is 11.8 Å². The summed E-state index contributed by atoms with van der Waals surface area (Å²) in [7, 11) is 0. The van der Waals surface area contributed by atoms with Crippen molar-refractivity contribution in [1.29, 1.82) is 0 Å². The Balaban J connectivity index is 1.66. The van der Waals surface area contributed by atoms with E-state index in [9.17, 15) is 0 Å². The Morgan fingerprint density at radius 3 is 2.87 bits per heavy atom. The largest absolute Gasteiger partial charge is 0.313 e. The molecular formula is C13H19NS. The summed E-state index contributed by atoms with van der Waals surface area (Å²) < 4.78 is 0. The molecule has 0 amide bonds. The Bertz CT molecular complexity index is 267. The molecule has 0 saturated carbocycles. The van der Waals surface area contributed by atoms with E-state index in [1.807, 2.05) is 0 Å². The maximum absolute atomic E-state index is 3.65. The Hall–Kier alpha value is -0.470. The molecule has 0 radical (unpaired) electrons. The fourth-order valence-electron chi connectivity index (χ4n) is 1.97. The molecule has 1 unspecified atom stereocenters. The second kappa shape index (κ2) is 6.19. The van der Waals surface area contributed by atoms with Gasteiger partial charge >= 0.3 is 0 Å². The lowest BCUT2D eigenvalue weighted by Gasteiger charge is -2.22. The SMILES string of the molecule is c1ccc(CCNC2CCCSC2)cc1. The van der Waals surface area contributed by atoms with Crippen LogP contribution in [0.3, 0.4) is 0 Å². The molecule has 0 spiro atoms. The lowest BCUT2D eigenvalue weighted by atomic mass is 10.1. The first-order valence-corrected chi connectivity index (χ1v) is 6.96. The van der Waals surface area contributed by atoms with Crippen LogP contribution in [0.2, 0.25) is 0 Å². The fraction of sp³-hybridized carbons (Fsp3) is 0.538. The Morgan fingerprint density at radius 1 is 1.27 bits per heavy atom. The molecule has 1 heterocycles. The average molecular weight is 221 g/mol. The van der Waals surface area contributed by atoms with E-state index in [1.165, 1.54) is 29.9 Å². The van der Waals surface area contributed by atoms with E-state index in [2.05, 4.69) is 47.4 Å². The highest BCUT2D eigenvalue weighted by Crippen LogP contribution is 2.16. The standard InChI is InChI=1S/C13H19NS/c1-2-5-12(6-3-1)8-9-14-13-7-4-10-15-11-13/h1-3,5-6,13-14H,4,7-11H2.